The van der Waals surface area contributed by atoms with Crippen LogP contribution >= 0.6 is 0 Å². The Morgan fingerprint density at radius 1 is 0.667 bits per heavy atom. The lowest BCUT2D eigenvalue weighted by Crippen LogP contribution is -2.13. The SMILES string of the molecule is Cc1ccc(S(=O)(=O)Nc2ccccc2-c2cccc3ccccc23)cc1. The van der Waals surface area contributed by atoms with Crippen LogP contribution in [0.3, 0.4) is 0 Å². The molecular formula is C23H19NO2S. The van der Waals surface area contributed by atoms with Gasteiger partial charge in [0.05, 0.1) is 10.6 Å². The zero-order valence-electron chi connectivity index (χ0n) is 14.9. The van der Waals surface area contributed by atoms with E-state index >= 15 is 0 Å². The number of anilines is 1. The van der Waals surface area contributed by atoms with Crippen LogP contribution in [0.2, 0.25) is 0 Å². The van der Waals surface area contributed by atoms with Crippen LogP contribution in [0.1, 0.15) is 5.56 Å². The number of aryl methyl sites for hydroxylation is 1. The van der Waals surface area contributed by atoms with Crippen LogP contribution in [0, 0.1) is 6.92 Å². The number of para-hydroxylation sites is 1. The van der Waals surface area contributed by atoms with E-state index in [0.29, 0.717) is 5.69 Å². The van der Waals surface area contributed by atoms with Crippen molar-refractivity contribution in [3.63, 3.8) is 0 Å². The first-order valence-corrected chi connectivity index (χ1v) is 10.2. The number of rotatable bonds is 4. The third kappa shape index (κ3) is 3.44. The zero-order valence-corrected chi connectivity index (χ0v) is 15.7. The second-order valence-electron chi connectivity index (χ2n) is 6.49. The van der Waals surface area contributed by atoms with Crippen LogP contribution in [-0.2, 0) is 10.0 Å². The van der Waals surface area contributed by atoms with Gasteiger partial charge in [0.1, 0.15) is 0 Å². The molecule has 27 heavy (non-hydrogen) atoms. The van der Waals surface area contributed by atoms with Gasteiger partial charge >= 0.3 is 0 Å². The van der Waals surface area contributed by atoms with Crippen molar-refractivity contribution in [3.05, 3.63) is 96.6 Å². The standard InChI is InChI=1S/C23H19NO2S/c1-17-13-15-19(16-14-17)27(25,26)24-23-12-5-4-10-22(23)21-11-6-8-18-7-2-3-9-20(18)21/h2-16,24H,1H3. The van der Waals surface area contributed by atoms with E-state index in [2.05, 4.69) is 22.9 Å². The van der Waals surface area contributed by atoms with Gasteiger partial charge in [0, 0.05) is 5.56 Å². The second kappa shape index (κ2) is 6.89. The number of nitrogens with one attached hydrogen (secondary N) is 1. The molecule has 0 saturated carbocycles. The van der Waals surface area contributed by atoms with Crippen molar-refractivity contribution in [2.75, 3.05) is 4.72 Å². The maximum absolute atomic E-state index is 12.8. The summed E-state index contributed by atoms with van der Waals surface area (Å²) in [6, 6.07) is 28.5. The highest BCUT2D eigenvalue weighted by atomic mass is 32.2. The molecule has 0 spiro atoms. The first-order chi connectivity index (χ1) is 13.0. The lowest BCUT2D eigenvalue weighted by atomic mass is 9.97. The minimum atomic E-state index is -3.66. The van der Waals surface area contributed by atoms with Gasteiger partial charge in [0.2, 0.25) is 0 Å². The van der Waals surface area contributed by atoms with E-state index in [-0.39, 0.29) is 4.90 Å². The average Bonchev–Trinajstić information content (AvgIpc) is 2.68. The van der Waals surface area contributed by atoms with Gasteiger partial charge in [-0.05, 0) is 41.5 Å². The molecule has 0 amide bonds. The van der Waals surface area contributed by atoms with Crippen LogP contribution in [-0.4, -0.2) is 8.42 Å². The van der Waals surface area contributed by atoms with E-state index in [4.69, 9.17) is 0 Å². The predicted octanol–water partition coefficient (Wildman–Crippen LogP) is 5.62. The summed E-state index contributed by atoms with van der Waals surface area (Å²) in [6.07, 6.45) is 0. The summed E-state index contributed by atoms with van der Waals surface area (Å²) in [5, 5.41) is 2.20. The van der Waals surface area contributed by atoms with Crippen molar-refractivity contribution in [2.45, 2.75) is 11.8 Å². The Kier molecular flexibility index (Phi) is 4.42. The smallest absolute Gasteiger partial charge is 0.261 e. The number of hydrogen-bond donors (Lipinski definition) is 1. The Balaban J connectivity index is 1.81. The summed E-state index contributed by atoms with van der Waals surface area (Å²) < 4.78 is 28.5. The molecule has 3 nitrogen and oxygen atoms in total. The minimum Gasteiger partial charge on any atom is -0.279 e. The van der Waals surface area contributed by atoms with Crippen LogP contribution < -0.4 is 4.72 Å². The minimum absolute atomic E-state index is 0.251. The van der Waals surface area contributed by atoms with Crippen molar-refractivity contribution in [1.82, 2.24) is 0 Å². The Labute approximate surface area is 159 Å². The maximum Gasteiger partial charge on any atom is 0.261 e. The van der Waals surface area contributed by atoms with E-state index < -0.39 is 10.0 Å². The molecule has 0 unspecified atom stereocenters. The Morgan fingerprint density at radius 2 is 1.30 bits per heavy atom. The first-order valence-electron chi connectivity index (χ1n) is 8.71. The molecule has 134 valence electrons. The number of fused-ring (bicyclic) bond motifs is 1. The van der Waals surface area contributed by atoms with Crippen molar-refractivity contribution < 1.29 is 8.42 Å². The molecule has 1 N–H and O–H groups in total. The van der Waals surface area contributed by atoms with Gasteiger partial charge in [-0.15, -0.1) is 0 Å². The normalized spacial score (nSPS) is 11.4. The van der Waals surface area contributed by atoms with E-state index in [9.17, 15) is 8.42 Å². The van der Waals surface area contributed by atoms with Crippen molar-refractivity contribution in [1.29, 1.82) is 0 Å². The summed E-state index contributed by atoms with van der Waals surface area (Å²) >= 11 is 0. The molecule has 4 aromatic rings. The number of hydrogen-bond acceptors (Lipinski definition) is 2. The summed E-state index contributed by atoms with van der Waals surface area (Å²) in [4.78, 5) is 0.251. The van der Waals surface area contributed by atoms with Gasteiger partial charge in [-0.3, -0.25) is 4.72 Å². The van der Waals surface area contributed by atoms with E-state index in [1.165, 1.54) is 0 Å². The molecule has 0 saturated heterocycles. The molecule has 4 aromatic carbocycles. The topological polar surface area (TPSA) is 46.2 Å². The van der Waals surface area contributed by atoms with E-state index in [1.807, 2.05) is 49.4 Å². The zero-order chi connectivity index (χ0) is 18.9. The fraction of sp³-hybridized carbons (Fsp3) is 0.0435. The average molecular weight is 373 g/mol. The number of benzene rings is 4. The Bertz CT molecular complexity index is 1210. The third-order valence-corrected chi connectivity index (χ3v) is 5.96. The molecule has 4 heteroatoms. The number of sulfonamides is 1. The quantitative estimate of drug-likeness (QED) is 0.505. The Morgan fingerprint density at radius 3 is 2.11 bits per heavy atom. The fourth-order valence-electron chi connectivity index (χ4n) is 3.19. The fourth-order valence-corrected chi connectivity index (χ4v) is 4.27. The molecule has 0 bridgehead atoms. The second-order valence-corrected chi connectivity index (χ2v) is 8.17. The molecule has 0 heterocycles. The highest BCUT2D eigenvalue weighted by Gasteiger charge is 2.17. The predicted molar refractivity (Wildman–Crippen MR) is 111 cm³/mol. The van der Waals surface area contributed by atoms with Crippen LogP contribution in [0.25, 0.3) is 21.9 Å². The Hall–Kier alpha value is -3.11. The molecule has 0 aliphatic carbocycles. The third-order valence-electron chi connectivity index (χ3n) is 4.58. The lowest BCUT2D eigenvalue weighted by molar-refractivity contribution is 0.601. The molecule has 0 aromatic heterocycles. The van der Waals surface area contributed by atoms with Gasteiger partial charge < -0.3 is 0 Å². The van der Waals surface area contributed by atoms with Gasteiger partial charge in [-0.2, -0.15) is 0 Å². The maximum atomic E-state index is 12.8. The molecule has 0 radical (unpaired) electrons. The van der Waals surface area contributed by atoms with Crippen molar-refractivity contribution in [3.8, 4) is 11.1 Å². The molecule has 0 aliphatic heterocycles. The monoisotopic (exact) mass is 373 g/mol. The largest absolute Gasteiger partial charge is 0.279 e. The summed E-state index contributed by atoms with van der Waals surface area (Å²) in [5.74, 6) is 0. The lowest BCUT2D eigenvalue weighted by Gasteiger charge is -2.14. The summed E-state index contributed by atoms with van der Waals surface area (Å²) in [7, 11) is -3.66. The molecular weight excluding hydrogens is 354 g/mol. The van der Waals surface area contributed by atoms with E-state index in [1.54, 1.807) is 30.3 Å². The summed E-state index contributed by atoms with van der Waals surface area (Å²) in [5.41, 5.74) is 3.43. The van der Waals surface area contributed by atoms with Crippen molar-refractivity contribution >= 4 is 26.5 Å². The van der Waals surface area contributed by atoms with Gasteiger partial charge in [-0.25, -0.2) is 8.42 Å². The molecule has 0 fully saturated rings. The molecule has 4 rings (SSSR count). The highest BCUT2D eigenvalue weighted by molar-refractivity contribution is 7.92. The summed E-state index contributed by atoms with van der Waals surface area (Å²) in [6.45, 7) is 1.93. The highest BCUT2D eigenvalue weighted by Crippen LogP contribution is 2.34. The molecule has 0 atom stereocenters. The van der Waals surface area contributed by atoms with Gasteiger partial charge in [0.15, 0.2) is 0 Å². The van der Waals surface area contributed by atoms with Crippen LogP contribution in [0.5, 0.6) is 0 Å². The van der Waals surface area contributed by atoms with Crippen molar-refractivity contribution in [2.24, 2.45) is 0 Å². The van der Waals surface area contributed by atoms with Crippen LogP contribution in [0.4, 0.5) is 5.69 Å². The van der Waals surface area contributed by atoms with Gasteiger partial charge in [0.25, 0.3) is 10.0 Å². The van der Waals surface area contributed by atoms with Gasteiger partial charge in [-0.1, -0.05) is 78.4 Å². The molecule has 0 aliphatic rings. The van der Waals surface area contributed by atoms with Crippen LogP contribution in [0.15, 0.2) is 95.9 Å². The van der Waals surface area contributed by atoms with E-state index in [0.717, 1.165) is 27.5 Å². The first kappa shape index (κ1) is 17.3.